The Morgan fingerprint density at radius 3 is 2.74 bits per heavy atom. The molecule has 1 aliphatic rings. The van der Waals surface area contributed by atoms with E-state index in [1.807, 2.05) is 0 Å². The number of alkyl halides is 3. The molecule has 1 heterocycles. The van der Waals surface area contributed by atoms with Crippen molar-refractivity contribution in [3.8, 4) is 0 Å². The van der Waals surface area contributed by atoms with Crippen LogP contribution in [0.4, 0.5) is 13.2 Å². The summed E-state index contributed by atoms with van der Waals surface area (Å²) >= 11 is 0.989. The van der Waals surface area contributed by atoms with E-state index in [4.69, 9.17) is 0 Å². The monoisotopic (exact) mass is 292 g/mol. The average molecular weight is 292 g/mol. The van der Waals surface area contributed by atoms with Crippen molar-refractivity contribution in [2.75, 3.05) is 13.6 Å². The van der Waals surface area contributed by atoms with Gasteiger partial charge in [0.25, 0.3) is 0 Å². The molecular weight excluding hydrogens is 277 g/mol. The van der Waals surface area contributed by atoms with Crippen LogP contribution in [-0.4, -0.2) is 24.5 Å². The van der Waals surface area contributed by atoms with Gasteiger partial charge in [0.2, 0.25) is 0 Å². The topological polar surface area (TPSA) is 49.3 Å². The molecule has 1 aromatic rings. The van der Waals surface area contributed by atoms with Crippen LogP contribution in [0.3, 0.4) is 0 Å². The maximum Gasteiger partial charge on any atom is 0.434 e. The van der Waals surface area contributed by atoms with E-state index in [1.54, 1.807) is 7.05 Å². The van der Waals surface area contributed by atoms with Crippen LogP contribution < -0.4 is 10.6 Å². The number of aromatic nitrogens is 1. The molecule has 0 aliphatic heterocycles. The number of thiazole rings is 1. The summed E-state index contributed by atoms with van der Waals surface area (Å²) in [6.07, 6.45) is -1.92. The second-order valence-corrected chi connectivity index (χ2v) is 5.32. The first-order valence-corrected chi connectivity index (χ1v) is 6.83. The van der Waals surface area contributed by atoms with Crippen molar-refractivity contribution in [1.82, 2.24) is 15.6 Å². The van der Waals surface area contributed by atoms with E-state index in [2.05, 4.69) is 20.6 Å². The van der Waals surface area contributed by atoms with Crippen molar-refractivity contribution in [3.63, 3.8) is 0 Å². The lowest BCUT2D eigenvalue weighted by atomic mass is 10.4. The Balaban J connectivity index is 1.81. The Hall–Kier alpha value is -1.31. The van der Waals surface area contributed by atoms with Gasteiger partial charge in [-0.25, -0.2) is 4.98 Å². The summed E-state index contributed by atoms with van der Waals surface area (Å²) in [4.78, 5) is 7.55. The molecule has 0 atom stereocenters. The predicted molar refractivity (Wildman–Crippen MR) is 68.0 cm³/mol. The van der Waals surface area contributed by atoms with E-state index in [9.17, 15) is 13.2 Å². The lowest BCUT2D eigenvalue weighted by Gasteiger charge is -2.10. The summed E-state index contributed by atoms with van der Waals surface area (Å²) in [5, 5.41) is 7.50. The van der Waals surface area contributed by atoms with Crippen LogP contribution in [0.2, 0.25) is 0 Å². The summed E-state index contributed by atoms with van der Waals surface area (Å²) < 4.78 is 37.1. The van der Waals surface area contributed by atoms with Crippen LogP contribution in [0.1, 0.15) is 23.5 Å². The minimum Gasteiger partial charge on any atom is -0.356 e. The quantitative estimate of drug-likeness (QED) is 0.661. The molecule has 2 rings (SSSR count). The Bertz CT molecular complexity index is 451. The number of halogens is 3. The van der Waals surface area contributed by atoms with Crippen LogP contribution >= 0.6 is 11.3 Å². The van der Waals surface area contributed by atoms with Gasteiger partial charge in [-0.1, -0.05) is 0 Å². The van der Waals surface area contributed by atoms with Gasteiger partial charge in [-0.3, -0.25) is 4.99 Å². The number of hydrogen-bond acceptors (Lipinski definition) is 3. The van der Waals surface area contributed by atoms with Gasteiger partial charge in [0.05, 0.1) is 6.54 Å². The van der Waals surface area contributed by atoms with E-state index in [1.165, 1.54) is 12.8 Å². The van der Waals surface area contributed by atoms with Gasteiger partial charge in [0, 0.05) is 19.0 Å². The van der Waals surface area contributed by atoms with Gasteiger partial charge >= 0.3 is 6.18 Å². The van der Waals surface area contributed by atoms with Crippen molar-refractivity contribution < 1.29 is 13.2 Å². The minimum atomic E-state index is -4.37. The fourth-order valence-electron chi connectivity index (χ4n) is 1.47. The third kappa shape index (κ3) is 4.38. The molecule has 0 bridgehead atoms. The zero-order valence-corrected chi connectivity index (χ0v) is 11.2. The summed E-state index contributed by atoms with van der Waals surface area (Å²) in [7, 11) is 1.63. The molecule has 0 saturated heterocycles. The summed E-state index contributed by atoms with van der Waals surface area (Å²) in [5.41, 5.74) is -0.838. The lowest BCUT2D eigenvalue weighted by Crippen LogP contribution is -2.37. The van der Waals surface area contributed by atoms with Gasteiger partial charge in [-0.2, -0.15) is 13.2 Å². The molecule has 0 radical (unpaired) electrons. The summed E-state index contributed by atoms with van der Waals surface area (Å²) in [6, 6.07) is 0. The Morgan fingerprint density at radius 1 is 1.47 bits per heavy atom. The molecule has 1 aromatic heterocycles. The van der Waals surface area contributed by atoms with E-state index >= 15 is 0 Å². The second kappa shape index (κ2) is 5.77. The molecule has 0 amide bonds. The number of nitrogens with zero attached hydrogens (tertiary/aromatic N) is 2. The van der Waals surface area contributed by atoms with Crippen molar-refractivity contribution in [2.24, 2.45) is 10.9 Å². The first kappa shape index (κ1) is 14.1. The van der Waals surface area contributed by atoms with Crippen molar-refractivity contribution in [2.45, 2.75) is 25.6 Å². The smallest absolute Gasteiger partial charge is 0.356 e. The Labute approximate surface area is 113 Å². The SMILES string of the molecule is CN=C(NCc1nc(C(F)(F)F)cs1)NCC1CC1. The molecule has 0 unspecified atom stereocenters. The summed E-state index contributed by atoms with van der Waals surface area (Å²) in [6.45, 7) is 1.09. The molecule has 106 valence electrons. The van der Waals surface area contributed by atoms with Crippen LogP contribution in [0, 0.1) is 5.92 Å². The zero-order valence-electron chi connectivity index (χ0n) is 10.4. The normalized spacial score (nSPS) is 16.5. The predicted octanol–water partition coefficient (Wildman–Crippen LogP) is 2.24. The maximum absolute atomic E-state index is 12.4. The molecule has 8 heteroatoms. The first-order valence-electron chi connectivity index (χ1n) is 5.95. The van der Waals surface area contributed by atoms with Crippen molar-refractivity contribution in [1.29, 1.82) is 0 Å². The van der Waals surface area contributed by atoms with Gasteiger partial charge < -0.3 is 10.6 Å². The second-order valence-electron chi connectivity index (χ2n) is 4.37. The number of guanidine groups is 1. The van der Waals surface area contributed by atoms with E-state index in [0.29, 0.717) is 16.9 Å². The molecule has 1 saturated carbocycles. The van der Waals surface area contributed by atoms with E-state index in [0.717, 1.165) is 23.3 Å². The van der Waals surface area contributed by atoms with Gasteiger partial charge in [0.15, 0.2) is 11.7 Å². The standard InChI is InChI=1S/C11H15F3N4S/c1-15-10(16-4-7-2-3-7)17-5-9-18-8(6-19-9)11(12,13)14/h6-7H,2-5H2,1H3,(H2,15,16,17). The number of aliphatic imine (C=N–C) groups is 1. The molecule has 1 fully saturated rings. The van der Waals surface area contributed by atoms with Crippen LogP contribution in [0.15, 0.2) is 10.4 Å². The molecule has 4 nitrogen and oxygen atoms in total. The fraction of sp³-hybridized carbons (Fsp3) is 0.636. The van der Waals surface area contributed by atoms with Crippen LogP contribution in [0.5, 0.6) is 0 Å². The Morgan fingerprint density at radius 2 is 2.21 bits per heavy atom. The lowest BCUT2D eigenvalue weighted by molar-refractivity contribution is -0.140. The molecule has 1 aliphatic carbocycles. The molecule has 0 spiro atoms. The number of rotatable bonds is 4. The van der Waals surface area contributed by atoms with E-state index in [-0.39, 0.29) is 6.54 Å². The third-order valence-corrected chi connectivity index (χ3v) is 3.58. The molecule has 2 N–H and O–H groups in total. The summed E-state index contributed by atoms with van der Waals surface area (Å²) in [5.74, 6) is 1.30. The third-order valence-electron chi connectivity index (χ3n) is 2.73. The van der Waals surface area contributed by atoms with Crippen molar-refractivity contribution >= 4 is 17.3 Å². The zero-order chi connectivity index (χ0) is 13.9. The van der Waals surface area contributed by atoms with Crippen LogP contribution in [0.25, 0.3) is 0 Å². The minimum absolute atomic E-state index is 0.241. The van der Waals surface area contributed by atoms with Gasteiger partial charge in [-0.15, -0.1) is 11.3 Å². The Kier molecular flexibility index (Phi) is 4.28. The number of hydrogen-bond donors (Lipinski definition) is 2. The highest BCUT2D eigenvalue weighted by Crippen LogP contribution is 2.30. The highest BCUT2D eigenvalue weighted by Gasteiger charge is 2.33. The largest absolute Gasteiger partial charge is 0.434 e. The van der Waals surface area contributed by atoms with Crippen molar-refractivity contribution in [3.05, 3.63) is 16.1 Å². The van der Waals surface area contributed by atoms with E-state index < -0.39 is 11.9 Å². The fourth-order valence-corrected chi connectivity index (χ4v) is 2.21. The highest BCUT2D eigenvalue weighted by molar-refractivity contribution is 7.09. The van der Waals surface area contributed by atoms with Crippen LogP contribution in [-0.2, 0) is 12.7 Å². The average Bonchev–Trinajstić information content (AvgIpc) is 3.04. The first-order chi connectivity index (χ1) is 8.99. The number of nitrogens with one attached hydrogen (secondary N) is 2. The maximum atomic E-state index is 12.4. The molecular formula is C11H15F3N4S. The van der Waals surface area contributed by atoms with Gasteiger partial charge in [0.1, 0.15) is 5.01 Å². The molecule has 0 aromatic carbocycles. The highest BCUT2D eigenvalue weighted by atomic mass is 32.1. The molecule has 19 heavy (non-hydrogen) atoms. The van der Waals surface area contributed by atoms with Gasteiger partial charge in [-0.05, 0) is 18.8 Å².